The van der Waals surface area contributed by atoms with Crippen LogP contribution in [0.5, 0.6) is 28.7 Å². The lowest BCUT2D eigenvalue weighted by Gasteiger charge is -2.50. The predicted octanol–water partition coefficient (Wildman–Crippen LogP) is 9.28. The minimum absolute atomic E-state index is 0.0210. The summed E-state index contributed by atoms with van der Waals surface area (Å²) in [5.74, 6) is 4.20. The van der Waals surface area contributed by atoms with Gasteiger partial charge in [0.1, 0.15) is 29.5 Å². The molecule has 1 spiro atoms. The molecule has 13 rings (SSSR count). The maximum Gasteiger partial charge on any atom is 0.188 e. The molecule has 68 heavy (non-hydrogen) atoms. The van der Waals surface area contributed by atoms with Gasteiger partial charge in [0.05, 0.1) is 19.3 Å². The Balaban J connectivity index is 1.08. The van der Waals surface area contributed by atoms with Gasteiger partial charge in [-0.3, -0.25) is 4.99 Å². The van der Waals surface area contributed by atoms with Gasteiger partial charge in [0, 0.05) is 49.2 Å². The number of fused-ring (bicyclic) bond motifs is 2. The van der Waals surface area contributed by atoms with E-state index in [1.165, 1.54) is 0 Å². The molecule has 0 unspecified atom stereocenters. The number of nitrogens with one attached hydrogen (secondary N) is 1. The number of benzene rings is 3. The Labute approximate surface area is 403 Å². The van der Waals surface area contributed by atoms with Crippen LogP contribution in [0.4, 0.5) is 0 Å². The molecular weight excluding hydrogens is 855 g/mol. The highest BCUT2D eigenvalue weighted by molar-refractivity contribution is 5.84. The summed E-state index contributed by atoms with van der Waals surface area (Å²) in [6.45, 7) is 7.88. The minimum Gasteiger partial charge on any atom is -0.508 e. The van der Waals surface area contributed by atoms with Crippen molar-refractivity contribution in [3.05, 3.63) is 76.4 Å². The van der Waals surface area contributed by atoms with Gasteiger partial charge in [-0.2, -0.15) is 0 Å². The second-order valence-electron chi connectivity index (χ2n) is 22.7. The fourth-order valence-electron chi connectivity index (χ4n) is 14.7. The van der Waals surface area contributed by atoms with Crippen molar-refractivity contribution < 1.29 is 39.7 Å². The molecule has 11 heteroatoms. The molecular formula is C57H77N3O8. The van der Waals surface area contributed by atoms with Crippen LogP contribution >= 0.6 is 0 Å². The molecule has 8 N–H and O–H groups in total. The van der Waals surface area contributed by atoms with Crippen molar-refractivity contribution in [2.24, 2.45) is 63.5 Å². The minimum atomic E-state index is -0.899. The molecule has 3 fully saturated rings. The van der Waals surface area contributed by atoms with Crippen LogP contribution in [0.25, 0.3) is 11.1 Å². The average molecular weight is 932 g/mol. The SMILES string of the molecule is CC[C@@H]1C[C@@H]2C=C[C@H]1C[C@@H](O)CC1(CCCC1)CN=C(N)NC[C@H]1CC[C@H]3CC[C@H](CO)[C@@H]1[C@@H]3Oc1cc(ccc1O)[C@@H]1Oc3cc(OC)c4c(c3C[C@H]1O)[C@@H]2Cc1cc(O)c(CC(C)C)cc1-4. The Morgan fingerprint density at radius 1 is 0.897 bits per heavy atom. The van der Waals surface area contributed by atoms with Crippen LogP contribution < -0.4 is 25.3 Å². The fourth-order valence-corrected chi connectivity index (χ4v) is 14.7. The molecule has 0 radical (unpaired) electrons. The van der Waals surface area contributed by atoms with Crippen molar-refractivity contribution >= 4 is 5.96 Å². The van der Waals surface area contributed by atoms with E-state index in [1.807, 2.05) is 24.3 Å². The Kier molecular flexibility index (Phi) is 13.5. The zero-order valence-electron chi connectivity index (χ0n) is 40.8. The summed E-state index contributed by atoms with van der Waals surface area (Å²) in [5, 5.41) is 61.4. The number of hydrogen-bond acceptors (Lipinski definition) is 11. The molecule has 12 bridgehead atoms. The first-order chi connectivity index (χ1) is 32.8. The van der Waals surface area contributed by atoms with Gasteiger partial charge in [-0.05, 0) is 175 Å². The molecule has 0 aromatic heterocycles. The molecule has 5 aliphatic carbocycles. The smallest absolute Gasteiger partial charge is 0.188 e. The van der Waals surface area contributed by atoms with Gasteiger partial charge in [-0.25, -0.2) is 0 Å². The van der Waals surface area contributed by atoms with Gasteiger partial charge in [-0.1, -0.05) is 58.3 Å². The highest BCUT2D eigenvalue weighted by Gasteiger charge is 2.49. The quantitative estimate of drug-likeness (QED) is 0.122. The lowest BCUT2D eigenvalue weighted by molar-refractivity contribution is -0.0722. The number of phenolic OH excluding ortho intramolecular Hbond substituents is 2. The van der Waals surface area contributed by atoms with E-state index in [0.29, 0.717) is 78.7 Å². The number of aliphatic imine (C=N–C) groups is 1. The van der Waals surface area contributed by atoms with Gasteiger partial charge in [-0.15, -0.1) is 0 Å². The Morgan fingerprint density at radius 2 is 1.68 bits per heavy atom. The monoisotopic (exact) mass is 932 g/mol. The molecule has 5 aliphatic heterocycles. The summed E-state index contributed by atoms with van der Waals surface area (Å²) in [6, 6.07) is 11.5. The third kappa shape index (κ3) is 8.98. The first-order valence-electron chi connectivity index (χ1n) is 26.3. The van der Waals surface area contributed by atoms with Gasteiger partial charge in [0.25, 0.3) is 0 Å². The van der Waals surface area contributed by atoms with E-state index in [4.69, 9.17) is 24.9 Å². The van der Waals surface area contributed by atoms with Gasteiger partial charge in [0.15, 0.2) is 17.5 Å². The lowest BCUT2D eigenvalue weighted by Crippen LogP contribution is -2.53. The van der Waals surface area contributed by atoms with Crippen LogP contribution in [0.15, 0.2) is 53.5 Å². The third-order valence-electron chi connectivity index (χ3n) is 18.0. The van der Waals surface area contributed by atoms with E-state index in [9.17, 15) is 25.5 Å². The van der Waals surface area contributed by atoms with E-state index in [-0.39, 0.29) is 65.3 Å². The highest BCUT2D eigenvalue weighted by Crippen LogP contribution is 2.57. The fraction of sp³-hybridized carbons (Fsp3) is 0.632. The number of nitrogens with zero attached hydrogens (tertiary/aromatic N) is 1. The molecule has 3 aromatic rings. The number of aliphatic hydroxyl groups excluding tert-OH is 3. The van der Waals surface area contributed by atoms with Crippen molar-refractivity contribution in [2.45, 2.75) is 147 Å². The van der Waals surface area contributed by atoms with E-state index in [0.717, 1.165) is 110 Å². The van der Waals surface area contributed by atoms with E-state index < -0.39 is 18.3 Å². The number of rotatable bonds is 5. The maximum atomic E-state index is 12.3. The molecule has 3 saturated carbocycles. The summed E-state index contributed by atoms with van der Waals surface area (Å²) in [7, 11) is 1.71. The summed E-state index contributed by atoms with van der Waals surface area (Å²) in [5.41, 5.74) is 13.5. The zero-order valence-corrected chi connectivity index (χ0v) is 40.8. The standard InChI is InChI=1S/C57H77N3O8/c1-5-32-19-35-11-10-34(32)20-41(62)27-57(16-6-7-17-57)30-60-56(58)59-28-37-12-8-33-9-13-38(29-61)51(37)55(33)68-49-24-36(14-15-45(49)63)54-47(65)25-44-48(67-54)26-50(66-4)53-43-22-40(18-31(2)3)46(64)23-39(43)21-42(35)52(44)53/h10-11,14-15,22-24,26,31-35,37-38,41-42,47,51,54-55,61-65H,5-9,12-13,16-21,25,27-30H2,1-4H3,(H3,58,59,60)/t32-,33+,34+,35+,37-,38-,41-,42-,47-,51-,54+,55-/m1/s1. The van der Waals surface area contributed by atoms with Crippen molar-refractivity contribution in [2.75, 3.05) is 26.8 Å². The second-order valence-corrected chi connectivity index (χ2v) is 22.7. The van der Waals surface area contributed by atoms with Gasteiger partial charge >= 0.3 is 0 Å². The maximum absolute atomic E-state index is 12.3. The number of ether oxygens (including phenoxy) is 3. The summed E-state index contributed by atoms with van der Waals surface area (Å²) < 4.78 is 20.3. The first kappa shape index (κ1) is 47.2. The summed E-state index contributed by atoms with van der Waals surface area (Å²) >= 11 is 0. The number of phenols is 2. The number of aromatic hydroxyl groups is 2. The van der Waals surface area contributed by atoms with Crippen molar-refractivity contribution in [3.8, 4) is 39.9 Å². The van der Waals surface area contributed by atoms with E-state index >= 15 is 0 Å². The number of aliphatic hydroxyl groups is 3. The van der Waals surface area contributed by atoms with Crippen LogP contribution in [0.1, 0.15) is 138 Å². The van der Waals surface area contributed by atoms with Crippen LogP contribution in [0.2, 0.25) is 0 Å². The zero-order chi connectivity index (χ0) is 47.4. The van der Waals surface area contributed by atoms with Gasteiger partial charge < -0.3 is 50.8 Å². The van der Waals surface area contributed by atoms with Crippen LogP contribution in [0, 0.1) is 52.8 Å². The van der Waals surface area contributed by atoms with E-state index in [2.05, 4.69) is 44.3 Å². The van der Waals surface area contributed by atoms with Crippen LogP contribution in [0.3, 0.4) is 0 Å². The molecule has 5 heterocycles. The number of methoxy groups -OCH3 is 1. The molecule has 0 saturated heterocycles. The lowest BCUT2D eigenvalue weighted by atomic mass is 9.60. The predicted molar refractivity (Wildman–Crippen MR) is 265 cm³/mol. The normalized spacial score (nSPS) is 33.0. The van der Waals surface area contributed by atoms with Crippen LogP contribution in [-0.4, -0.2) is 76.6 Å². The molecule has 10 aliphatic rings. The summed E-state index contributed by atoms with van der Waals surface area (Å²) in [6.07, 6.45) is 15.8. The molecule has 11 nitrogen and oxygen atoms in total. The summed E-state index contributed by atoms with van der Waals surface area (Å²) in [4.78, 5) is 4.98. The number of allylic oxidation sites excluding steroid dienone is 2. The molecule has 12 atom stereocenters. The van der Waals surface area contributed by atoms with Crippen molar-refractivity contribution in [1.29, 1.82) is 0 Å². The molecule has 0 amide bonds. The highest BCUT2D eigenvalue weighted by atomic mass is 16.5. The number of hydrogen-bond donors (Lipinski definition) is 7. The molecule has 368 valence electrons. The topological polar surface area (TPSA) is 179 Å². The van der Waals surface area contributed by atoms with Crippen molar-refractivity contribution in [1.82, 2.24) is 5.32 Å². The van der Waals surface area contributed by atoms with Gasteiger partial charge in [0.2, 0.25) is 0 Å². The largest absolute Gasteiger partial charge is 0.508 e. The number of guanidine groups is 1. The third-order valence-corrected chi connectivity index (χ3v) is 18.0. The Bertz CT molecular complexity index is 2370. The molecule has 3 aromatic carbocycles. The number of nitrogens with two attached hydrogens (primary N) is 1. The van der Waals surface area contributed by atoms with Crippen molar-refractivity contribution in [3.63, 3.8) is 0 Å². The van der Waals surface area contributed by atoms with E-state index in [1.54, 1.807) is 13.2 Å². The second kappa shape index (κ2) is 19.4. The Morgan fingerprint density at radius 3 is 2.44 bits per heavy atom. The van der Waals surface area contributed by atoms with Crippen LogP contribution in [-0.2, 0) is 19.3 Å². The Hall–Kier alpha value is -4.45. The average Bonchev–Trinajstić information content (AvgIpc) is 3.78. The first-order valence-corrected chi connectivity index (χ1v) is 26.3.